The molecule has 7 heteroatoms. The van der Waals surface area contributed by atoms with Gasteiger partial charge in [0.1, 0.15) is 0 Å². The Hall–Kier alpha value is -2.15. The van der Waals surface area contributed by atoms with Crippen molar-refractivity contribution in [2.75, 3.05) is 19.6 Å². The first kappa shape index (κ1) is 20.1. The van der Waals surface area contributed by atoms with E-state index in [0.29, 0.717) is 24.8 Å². The molecule has 2 atom stereocenters. The fourth-order valence-electron chi connectivity index (χ4n) is 4.59. The summed E-state index contributed by atoms with van der Waals surface area (Å²) in [4.78, 5) is 34.9. The number of H-pyrrole nitrogens is 1. The molecule has 0 spiro atoms. The van der Waals surface area contributed by atoms with Gasteiger partial charge >= 0.3 is 0 Å². The predicted octanol–water partition coefficient (Wildman–Crippen LogP) is 2.54. The molecule has 1 N–H and O–H groups in total. The number of likely N-dealkylation sites (tertiary alicyclic amines) is 1. The van der Waals surface area contributed by atoms with E-state index in [1.165, 1.54) is 0 Å². The van der Waals surface area contributed by atoms with Crippen LogP contribution in [0.5, 0.6) is 0 Å². The number of nitrogens with one attached hydrogen (secondary N) is 1. The second kappa shape index (κ2) is 7.94. The summed E-state index contributed by atoms with van der Waals surface area (Å²) >= 11 is 0. The molecule has 4 rings (SSSR count). The molecule has 1 saturated heterocycles. The minimum atomic E-state index is 0.0185. The monoisotopic (exact) mass is 399 g/mol. The number of aromatic amines is 1. The number of aromatic nitrogens is 3. The maximum atomic E-state index is 13.1. The van der Waals surface area contributed by atoms with Gasteiger partial charge in [-0.05, 0) is 33.1 Å². The van der Waals surface area contributed by atoms with E-state index < -0.39 is 0 Å². The summed E-state index contributed by atoms with van der Waals surface area (Å²) in [6.45, 7) is 11.5. The van der Waals surface area contributed by atoms with Crippen molar-refractivity contribution in [3.05, 3.63) is 33.4 Å². The molecule has 0 aliphatic carbocycles. The van der Waals surface area contributed by atoms with Crippen LogP contribution in [-0.4, -0.2) is 56.0 Å². The third kappa shape index (κ3) is 3.72. The fourth-order valence-corrected chi connectivity index (χ4v) is 4.59. The van der Waals surface area contributed by atoms with Crippen molar-refractivity contribution in [2.24, 2.45) is 5.92 Å². The molecular formula is C22H33N5O2. The Morgan fingerprint density at radius 2 is 2.10 bits per heavy atom. The van der Waals surface area contributed by atoms with Crippen LogP contribution in [0.25, 0.3) is 5.65 Å². The molecule has 7 nitrogen and oxygen atoms in total. The Balaban J connectivity index is 1.62. The average molecular weight is 400 g/mol. The van der Waals surface area contributed by atoms with E-state index in [0.717, 1.165) is 55.7 Å². The lowest BCUT2D eigenvalue weighted by Crippen LogP contribution is -2.41. The van der Waals surface area contributed by atoms with Crippen LogP contribution in [0.15, 0.2) is 10.9 Å². The van der Waals surface area contributed by atoms with Crippen molar-refractivity contribution in [1.82, 2.24) is 24.4 Å². The molecule has 0 radical (unpaired) electrons. The Morgan fingerprint density at radius 1 is 1.31 bits per heavy atom. The van der Waals surface area contributed by atoms with Crippen molar-refractivity contribution in [1.29, 1.82) is 0 Å². The topological polar surface area (TPSA) is 73.7 Å². The quantitative estimate of drug-likeness (QED) is 0.857. The average Bonchev–Trinajstić information content (AvgIpc) is 3.17. The summed E-state index contributed by atoms with van der Waals surface area (Å²) in [7, 11) is 0. The lowest BCUT2D eigenvalue weighted by molar-refractivity contribution is -0.136. The summed E-state index contributed by atoms with van der Waals surface area (Å²) in [5.74, 6) is 0.534. The first-order chi connectivity index (χ1) is 13.9. The number of carbonyl (C=O) groups is 1. The molecule has 1 amide bonds. The first-order valence-corrected chi connectivity index (χ1v) is 11.0. The molecule has 1 fully saturated rings. The van der Waals surface area contributed by atoms with Gasteiger partial charge < -0.3 is 4.90 Å². The Morgan fingerprint density at radius 3 is 2.83 bits per heavy atom. The molecule has 0 unspecified atom stereocenters. The van der Waals surface area contributed by atoms with Gasteiger partial charge in [0, 0.05) is 62.2 Å². The van der Waals surface area contributed by atoms with Gasteiger partial charge in [-0.15, -0.1) is 0 Å². The highest BCUT2D eigenvalue weighted by molar-refractivity contribution is 5.78. The Labute approximate surface area is 172 Å². The molecule has 0 bridgehead atoms. The molecule has 4 heterocycles. The highest BCUT2D eigenvalue weighted by atomic mass is 16.2. The number of hydrogen-bond donors (Lipinski definition) is 1. The zero-order valence-corrected chi connectivity index (χ0v) is 18.1. The van der Waals surface area contributed by atoms with Crippen molar-refractivity contribution in [2.45, 2.75) is 71.9 Å². The van der Waals surface area contributed by atoms with Crippen molar-refractivity contribution >= 4 is 11.6 Å². The van der Waals surface area contributed by atoms with E-state index in [-0.39, 0.29) is 23.3 Å². The molecule has 2 aromatic rings. The summed E-state index contributed by atoms with van der Waals surface area (Å²) in [6, 6.07) is 2.43. The number of fused-ring (bicyclic) bond motifs is 2. The highest BCUT2D eigenvalue weighted by Crippen LogP contribution is 2.28. The van der Waals surface area contributed by atoms with Crippen LogP contribution in [0.3, 0.4) is 0 Å². The second-order valence-corrected chi connectivity index (χ2v) is 8.99. The third-order valence-corrected chi connectivity index (χ3v) is 6.75. The largest absolute Gasteiger partial charge is 0.342 e. The zero-order valence-electron chi connectivity index (χ0n) is 18.1. The van der Waals surface area contributed by atoms with E-state index in [4.69, 9.17) is 4.98 Å². The Bertz CT molecular complexity index is 960. The van der Waals surface area contributed by atoms with Gasteiger partial charge in [-0.25, -0.2) is 9.50 Å². The fraction of sp³-hybridized carbons (Fsp3) is 0.682. The van der Waals surface area contributed by atoms with Crippen LogP contribution in [0.1, 0.15) is 69.8 Å². The molecule has 0 saturated carbocycles. The smallest absolute Gasteiger partial charge is 0.277 e. The minimum Gasteiger partial charge on any atom is -0.342 e. The van der Waals surface area contributed by atoms with E-state index in [2.05, 4.69) is 30.8 Å². The number of nitrogens with zero attached hydrogens (tertiary/aromatic N) is 4. The van der Waals surface area contributed by atoms with Crippen LogP contribution < -0.4 is 5.56 Å². The molecule has 158 valence electrons. The van der Waals surface area contributed by atoms with E-state index in [1.54, 1.807) is 4.52 Å². The highest BCUT2D eigenvalue weighted by Gasteiger charge is 2.29. The normalized spacial score (nSPS) is 21.6. The van der Waals surface area contributed by atoms with Gasteiger partial charge in [0.05, 0.1) is 11.3 Å². The van der Waals surface area contributed by atoms with Gasteiger partial charge in [0.2, 0.25) is 5.91 Å². The summed E-state index contributed by atoms with van der Waals surface area (Å²) in [6.07, 6.45) is 3.70. The number of hydrogen-bond acceptors (Lipinski definition) is 4. The minimum absolute atomic E-state index is 0.0185. The third-order valence-electron chi connectivity index (χ3n) is 6.75. The molecule has 2 aliphatic rings. The number of piperidine rings is 1. The lowest BCUT2D eigenvalue weighted by atomic mass is 9.93. The molecule has 2 aromatic heterocycles. The van der Waals surface area contributed by atoms with E-state index in [1.807, 2.05) is 17.9 Å². The SMILES string of the molecule is CC[C@@H](C)C(=O)N1CCC[C@H](c2cc3nc4c(c(=O)n3[nH]2)CN(C(C)C)CC4)C1. The second-order valence-electron chi connectivity index (χ2n) is 8.99. The van der Waals surface area contributed by atoms with Crippen LogP contribution >= 0.6 is 0 Å². The van der Waals surface area contributed by atoms with E-state index >= 15 is 0 Å². The summed E-state index contributed by atoms with van der Waals surface area (Å²) in [5.41, 5.74) is 3.49. The van der Waals surface area contributed by atoms with Crippen LogP contribution in [0.4, 0.5) is 0 Å². The van der Waals surface area contributed by atoms with Crippen LogP contribution in [0.2, 0.25) is 0 Å². The predicted molar refractivity (Wildman–Crippen MR) is 113 cm³/mol. The number of carbonyl (C=O) groups excluding carboxylic acids is 1. The van der Waals surface area contributed by atoms with Gasteiger partial charge in [0.25, 0.3) is 5.56 Å². The molecule has 2 aliphatic heterocycles. The molecular weight excluding hydrogens is 366 g/mol. The first-order valence-electron chi connectivity index (χ1n) is 11.0. The van der Waals surface area contributed by atoms with Gasteiger partial charge in [0.15, 0.2) is 5.65 Å². The maximum Gasteiger partial charge on any atom is 0.277 e. The van der Waals surface area contributed by atoms with Crippen molar-refractivity contribution in [3.63, 3.8) is 0 Å². The molecule has 0 aromatic carbocycles. The van der Waals surface area contributed by atoms with Crippen LogP contribution in [-0.2, 0) is 17.8 Å². The lowest BCUT2D eigenvalue weighted by Gasteiger charge is -2.33. The maximum absolute atomic E-state index is 13.1. The van der Waals surface area contributed by atoms with Crippen molar-refractivity contribution < 1.29 is 4.79 Å². The molecule has 29 heavy (non-hydrogen) atoms. The summed E-state index contributed by atoms with van der Waals surface area (Å²) < 4.78 is 1.60. The standard InChI is InChI=1S/C22H33N5O2/c1-5-15(4)21(28)26-9-6-7-16(12-26)19-11-20-23-18-8-10-25(14(2)3)13-17(18)22(29)27(20)24-19/h11,14-16,24H,5-10,12-13H2,1-4H3/t15-,16+/m1/s1. The zero-order chi connectivity index (χ0) is 20.7. The number of rotatable bonds is 4. The van der Waals surface area contributed by atoms with Crippen molar-refractivity contribution in [3.8, 4) is 0 Å². The van der Waals surface area contributed by atoms with E-state index in [9.17, 15) is 9.59 Å². The van der Waals surface area contributed by atoms with Crippen LogP contribution in [0, 0.1) is 5.92 Å². The van der Waals surface area contributed by atoms with Gasteiger partial charge in [-0.2, -0.15) is 0 Å². The summed E-state index contributed by atoms with van der Waals surface area (Å²) in [5, 5.41) is 3.32. The van der Waals surface area contributed by atoms with Gasteiger partial charge in [-0.3, -0.25) is 19.6 Å². The van der Waals surface area contributed by atoms with Gasteiger partial charge in [-0.1, -0.05) is 13.8 Å². The number of amides is 1. The Kier molecular flexibility index (Phi) is 5.51.